The molecule has 0 spiro atoms. The molecule has 1 aromatic rings. The van der Waals surface area contributed by atoms with Crippen molar-refractivity contribution in [2.24, 2.45) is 10.2 Å². The van der Waals surface area contributed by atoms with Crippen molar-refractivity contribution in [2.75, 3.05) is 0 Å². The number of carbonyl (C=O) groups is 1. The SMILES string of the molecule is CC(C)(C)/N=N/C(C)(C)NC(=O)Oc1ccccc1. The van der Waals surface area contributed by atoms with Crippen molar-refractivity contribution < 1.29 is 9.53 Å². The maximum atomic E-state index is 11.7. The zero-order valence-corrected chi connectivity index (χ0v) is 12.1. The standard InChI is InChI=1S/C14H21N3O2/c1-13(2,3)16-17-14(4,5)15-12(18)19-11-9-7-6-8-10-11/h6-10H,1-5H3,(H,15,18)/b17-16+. The van der Waals surface area contributed by atoms with Crippen LogP contribution in [0.4, 0.5) is 4.79 Å². The van der Waals surface area contributed by atoms with Gasteiger partial charge < -0.3 is 4.74 Å². The fraction of sp³-hybridized carbons (Fsp3) is 0.500. The van der Waals surface area contributed by atoms with E-state index in [4.69, 9.17) is 4.74 Å². The fourth-order valence-electron chi connectivity index (χ4n) is 1.17. The highest BCUT2D eigenvalue weighted by Crippen LogP contribution is 2.14. The van der Waals surface area contributed by atoms with E-state index in [0.29, 0.717) is 5.75 Å². The molecule has 0 bridgehead atoms. The Morgan fingerprint density at radius 3 is 2.16 bits per heavy atom. The fourth-order valence-corrected chi connectivity index (χ4v) is 1.17. The number of nitrogens with one attached hydrogen (secondary N) is 1. The molecule has 104 valence electrons. The van der Waals surface area contributed by atoms with E-state index >= 15 is 0 Å². The molecule has 0 aliphatic heterocycles. The van der Waals surface area contributed by atoms with Gasteiger partial charge in [-0.1, -0.05) is 18.2 Å². The average molecular weight is 263 g/mol. The topological polar surface area (TPSA) is 63.0 Å². The summed E-state index contributed by atoms with van der Waals surface area (Å²) in [5.74, 6) is 0.489. The van der Waals surface area contributed by atoms with Crippen LogP contribution < -0.4 is 10.1 Å². The van der Waals surface area contributed by atoms with Gasteiger partial charge in [-0.05, 0) is 46.8 Å². The van der Waals surface area contributed by atoms with Crippen molar-refractivity contribution in [2.45, 2.75) is 45.8 Å². The third-order valence-electron chi connectivity index (χ3n) is 1.96. The lowest BCUT2D eigenvalue weighted by Crippen LogP contribution is -2.43. The van der Waals surface area contributed by atoms with Gasteiger partial charge in [-0.3, -0.25) is 5.32 Å². The predicted octanol–water partition coefficient (Wildman–Crippen LogP) is 3.76. The summed E-state index contributed by atoms with van der Waals surface area (Å²) in [6.45, 7) is 9.33. The minimum absolute atomic E-state index is 0.276. The van der Waals surface area contributed by atoms with Crippen molar-refractivity contribution >= 4 is 6.09 Å². The molecule has 0 aliphatic rings. The van der Waals surface area contributed by atoms with Gasteiger partial charge in [0.05, 0.1) is 5.54 Å². The Bertz CT molecular complexity index is 448. The average Bonchev–Trinajstić information content (AvgIpc) is 2.26. The van der Waals surface area contributed by atoms with E-state index in [-0.39, 0.29) is 5.54 Å². The molecule has 5 heteroatoms. The lowest BCUT2D eigenvalue weighted by molar-refractivity contribution is 0.187. The van der Waals surface area contributed by atoms with Gasteiger partial charge in [-0.15, -0.1) is 0 Å². The van der Waals surface area contributed by atoms with Gasteiger partial charge in [0.1, 0.15) is 11.4 Å². The number of nitrogens with zero attached hydrogens (tertiary/aromatic N) is 2. The van der Waals surface area contributed by atoms with Gasteiger partial charge in [0.2, 0.25) is 0 Å². The Labute approximate surface area is 114 Å². The molecule has 5 nitrogen and oxygen atoms in total. The summed E-state index contributed by atoms with van der Waals surface area (Å²) in [6, 6.07) is 8.87. The summed E-state index contributed by atoms with van der Waals surface area (Å²) >= 11 is 0. The summed E-state index contributed by atoms with van der Waals surface area (Å²) in [5.41, 5.74) is -1.08. The van der Waals surface area contributed by atoms with E-state index in [1.54, 1.807) is 38.1 Å². The van der Waals surface area contributed by atoms with Crippen LogP contribution in [0.25, 0.3) is 0 Å². The second-order valence-electron chi connectivity index (χ2n) is 5.76. The molecule has 1 rings (SSSR count). The summed E-state index contributed by atoms with van der Waals surface area (Å²) in [6.07, 6.45) is -0.552. The second-order valence-corrected chi connectivity index (χ2v) is 5.76. The first-order chi connectivity index (χ1) is 8.68. The number of amides is 1. The van der Waals surface area contributed by atoms with Gasteiger partial charge in [0.15, 0.2) is 0 Å². The van der Waals surface area contributed by atoms with Crippen LogP contribution in [0.5, 0.6) is 5.75 Å². The van der Waals surface area contributed by atoms with Crippen LogP contribution >= 0.6 is 0 Å². The molecule has 0 fully saturated rings. The van der Waals surface area contributed by atoms with E-state index in [9.17, 15) is 4.79 Å². The monoisotopic (exact) mass is 263 g/mol. The highest BCUT2D eigenvalue weighted by atomic mass is 16.6. The van der Waals surface area contributed by atoms with Crippen LogP contribution in [0.3, 0.4) is 0 Å². The van der Waals surface area contributed by atoms with Crippen LogP contribution in [0, 0.1) is 0 Å². The Kier molecular flexibility index (Phi) is 4.64. The molecule has 0 aromatic heterocycles. The minimum atomic E-state index is -0.806. The molecule has 0 unspecified atom stereocenters. The first-order valence-electron chi connectivity index (χ1n) is 6.17. The molecule has 1 aromatic carbocycles. The first-order valence-corrected chi connectivity index (χ1v) is 6.17. The maximum Gasteiger partial charge on any atom is 0.414 e. The van der Waals surface area contributed by atoms with Crippen molar-refractivity contribution in [3.05, 3.63) is 30.3 Å². The molecule has 1 N–H and O–H groups in total. The van der Waals surface area contributed by atoms with E-state index in [0.717, 1.165) is 0 Å². The Hall–Kier alpha value is -1.91. The number of rotatable bonds is 3. The van der Waals surface area contributed by atoms with E-state index in [1.165, 1.54) is 0 Å². The van der Waals surface area contributed by atoms with Crippen LogP contribution in [0.15, 0.2) is 40.6 Å². The van der Waals surface area contributed by atoms with E-state index in [2.05, 4.69) is 15.5 Å². The van der Waals surface area contributed by atoms with Gasteiger partial charge in [0.25, 0.3) is 0 Å². The van der Waals surface area contributed by atoms with Crippen LogP contribution in [0.1, 0.15) is 34.6 Å². The van der Waals surface area contributed by atoms with Crippen molar-refractivity contribution in [1.29, 1.82) is 0 Å². The zero-order chi connectivity index (χ0) is 14.5. The number of azo groups is 1. The van der Waals surface area contributed by atoms with Crippen LogP contribution in [-0.2, 0) is 0 Å². The molecule has 0 radical (unpaired) electrons. The highest BCUT2D eigenvalue weighted by Gasteiger charge is 2.22. The van der Waals surface area contributed by atoms with Gasteiger partial charge in [-0.25, -0.2) is 4.79 Å². The molecule has 0 aliphatic carbocycles. The number of hydrogen-bond acceptors (Lipinski definition) is 4. The predicted molar refractivity (Wildman–Crippen MR) is 74.3 cm³/mol. The van der Waals surface area contributed by atoms with Crippen molar-refractivity contribution in [1.82, 2.24) is 5.32 Å². The number of para-hydroxylation sites is 1. The van der Waals surface area contributed by atoms with Crippen molar-refractivity contribution in [3.63, 3.8) is 0 Å². The van der Waals surface area contributed by atoms with Gasteiger partial charge in [0, 0.05) is 0 Å². The summed E-state index contributed by atoms with van der Waals surface area (Å²) in [4.78, 5) is 11.7. The molecule has 0 saturated heterocycles. The smallest absolute Gasteiger partial charge is 0.410 e. The summed E-state index contributed by atoms with van der Waals surface area (Å²) in [5, 5.41) is 10.9. The third kappa shape index (κ3) is 6.55. The first kappa shape index (κ1) is 15.1. The second kappa shape index (κ2) is 5.82. The largest absolute Gasteiger partial charge is 0.414 e. The summed E-state index contributed by atoms with van der Waals surface area (Å²) < 4.78 is 5.13. The number of benzene rings is 1. The minimum Gasteiger partial charge on any atom is -0.410 e. The molecule has 19 heavy (non-hydrogen) atoms. The van der Waals surface area contributed by atoms with Crippen LogP contribution in [0.2, 0.25) is 0 Å². The number of hydrogen-bond donors (Lipinski definition) is 1. The molecule has 0 atom stereocenters. The maximum absolute atomic E-state index is 11.7. The molecular formula is C14H21N3O2. The zero-order valence-electron chi connectivity index (χ0n) is 12.1. The Morgan fingerprint density at radius 2 is 1.63 bits per heavy atom. The van der Waals surface area contributed by atoms with E-state index in [1.807, 2.05) is 26.8 Å². The lowest BCUT2D eigenvalue weighted by atomic mass is 10.1. The third-order valence-corrected chi connectivity index (χ3v) is 1.96. The van der Waals surface area contributed by atoms with Gasteiger partial charge >= 0.3 is 6.09 Å². The molecule has 0 saturated carbocycles. The normalized spacial score (nSPS) is 12.5. The molecular weight excluding hydrogens is 242 g/mol. The Balaban J connectivity index is 2.58. The summed E-state index contributed by atoms with van der Waals surface area (Å²) in [7, 11) is 0. The lowest BCUT2D eigenvalue weighted by Gasteiger charge is -2.21. The van der Waals surface area contributed by atoms with E-state index < -0.39 is 11.8 Å². The molecule has 0 heterocycles. The number of carbonyl (C=O) groups excluding carboxylic acids is 1. The molecule has 1 amide bonds. The quantitative estimate of drug-likeness (QED) is 0.844. The van der Waals surface area contributed by atoms with Crippen molar-refractivity contribution in [3.8, 4) is 5.75 Å². The van der Waals surface area contributed by atoms with Gasteiger partial charge in [-0.2, -0.15) is 10.2 Å². The number of ether oxygens (including phenoxy) is 1. The highest BCUT2D eigenvalue weighted by molar-refractivity contribution is 5.71. The Morgan fingerprint density at radius 1 is 1.05 bits per heavy atom. The van der Waals surface area contributed by atoms with Crippen LogP contribution in [-0.4, -0.2) is 17.3 Å².